The van der Waals surface area contributed by atoms with Gasteiger partial charge in [0, 0.05) is 5.69 Å². The van der Waals surface area contributed by atoms with Gasteiger partial charge in [-0.2, -0.15) is 4.98 Å². The molecule has 7 nitrogen and oxygen atoms in total. The van der Waals surface area contributed by atoms with Gasteiger partial charge in [-0.1, -0.05) is 41.2 Å². The fraction of sp³-hybridized carbons (Fsp3) is 0.143. The lowest BCUT2D eigenvalue weighted by Crippen LogP contribution is -2.01. The van der Waals surface area contributed by atoms with Crippen LogP contribution in [0.2, 0.25) is 0 Å². The van der Waals surface area contributed by atoms with E-state index in [2.05, 4.69) is 20.3 Å². The number of aromatic nitrogens is 5. The second-order valence-corrected chi connectivity index (χ2v) is 8.82. The zero-order valence-corrected chi connectivity index (χ0v) is 17.9. The summed E-state index contributed by atoms with van der Waals surface area (Å²) in [5.74, 6) is 2.67. The Balaban J connectivity index is 1.50. The molecule has 0 aliphatic carbocycles. The number of thiophene rings is 1. The lowest BCUT2D eigenvalue weighted by Gasteiger charge is -2.11. The van der Waals surface area contributed by atoms with Crippen molar-refractivity contribution in [2.24, 2.45) is 0 Å². The topological polar surface area (TPSA) is 82.8 Å². The minimum absolute atomic E-state index is 0.101. The molecule has 1 atom stereocenters. The average molecular weight is 436 g/mol. The van der Waals surface area contributed by atoms with E-state index in [0.29, 0.717) is 11.7 Å². The Morgan fingerprint density at radius 1 is 1.07 bits per heavy atom. The van der Waals surface area contributed by atoms with E-state index in [4.69, 9.17) is 8.94 Å². The SMILES string of the molecule is Cc1occc1-c1nnc(S[C@@H](C)c2nc(-c3cccs3)no2)n1-c1ccccc1. The molecule has 0 N–H and O–H groups in total. The molecule has 0 bridgehead atoms. The number of benzene rings is 1. The Morgan fingerprint density at radius 2 is 1.93 bits per heavy atom. The smallest absolute Gasteiger partial charge is 0.240 e. The van der Waals surface area contributed by atoms with Gasteiger partial charge in [0.1, 0.15) is 5.76 Å². The summed E-state index contributed by atoms with van der Waals surface area (Å²) in [5.41, 5.74) is 1.88. The number of thioether (sulfide) groups is 1. The molecule has 0 radical (unpaired) electrons. The van der Waals surface area contributed by atoms with Gasteiger partial charge in [0.25, 0.3) is 0 Å². The van der Waals surface area contributed by atoms with Crippen LogP contribution in [0.25, 0.3) is 27.8 Å². The molecule has 0 amide bonds. The maximum Gasteiger partial charge on any atom is 0.240 e. The highest BCUT2D eigenvalue weighted by Gasteiger charge is 2.23. The predicted molar refractivity (Wildman–Crippen MR) is 116 cm³/mol. The molecule has 0 saturated heterocycles. The van der Waals surface area contributed by atoms with Crippen molar-refractivity contribution in [1.29, 1.82) is 0 Å². The third kappa shape index (κ3) is 3.46. The summed E-state index contributed by atoms with van der Waals surface area (Å²) in [7, 11) is 0. The Morgan fingerprint density at radius 3 is 2.67 bits per heavy atom. The summed E-state index contributed by atoms with van der Waals surface area (Å²) in [6.45, 7) is 3.93. The Hall–Kier alpha value is -3.17. The lowest BCUT2D eigenvalue weighted by atomic mass is 10.2. The van der Waals surface area contributed by atoms with E-state index in [1.54, 1.807) is 17.6 Å². The molecule has 4 aromatic heterocycles. The van der Waals surface area contributed by atoms with Crippen molar-refractivity contribution in [1.82, 2.24) is 24.9 Å². The molecule has 0 spiro atoms. The van der Waals surface area contributed by atoms with Gasteiger partial charge in [-0.3, -0.25) is 4.57 Å². The van der Waals surface area contributed by atoms with Crippen LogP contribution in [0, 0.1) is 6.92 Å². The Kier molecular flexibility index (Phi) is 4.97. The summed E-state index contributed by atoms with van der Waals surface area (Å²) in [6, 6.07) is 15.9. The number of hydrogen-bond acceptors (Lipinski definition) is 8. The fourth-order valence-electron chi connectivity index (χ4n) is 3.06. The molecule has 0 unspecified atom stereocenters. The first-order valence-corrected chi connectivity index (χ1v) is 11.1. The van der Waals surface area contributed by atoms with Crippen molar-refractivity contribution in [2.45, 2.75) is 24.3 Å². The Bertz CT molecular complexity index is 1260. The number of para-hydroxylation sites is 1. The molecule has 9 heteroatoms. The molecular weight excluding hydrogens is 418 g/mol. The molecule has 30 heavy (non-hydrogen) atoms. The van der Waals surface area contributed by atoms with Crippen LogP contribution in [0.4, 0.5) is 0 Å². The molecule has 0 saturated carbocycles. The van der Waals surface area contributed by atoms with Crippen LogP contribution in [0.5, 0.6) is 0 Å². The van der Waals surface area contributed by atoms with Gasteiger partial charge < -0.3 is 8.94 Å². The quantitative estimate of drug-likeness (QED) is 0.312. The third-order valence-electron chi connectivity index (χ3n) is 4.56. The van der Waals surface area contributed by atoms with Crippen molar-refractivity contribution >= 4 is 23.1 Å². The average Bonchev–Trinajstić information content (AvgIpc) is 3.55. The van der Waals surface area contributed by atoms with Gasteiger partial charge in [-0.15, -0.1) is 21.5 Å². The standard InChI is InChI=1S/C21H17N5O2S2/c1-13-16(10-11-27-13)19-23-24-21(26(19)15-7-4-3-5-8-15)30-14(2)20-22-18(25-28-20)17-9-6-12-29-17/h3-12,14H,1-2H3/t14-/m0/s1. The minimum atomic E-state index is -0.101. The van der Waals surface area contributed by atoms with E-state index in [-0.39, 0.29) is 5.25 Å². The molecule has 1 aromatic carbocycles. The van der Waals surface area contributed by atoms with E-state index >= 15 is 0 Å². The van der Waals surface area contributed by atoms with Gasteiger partial charge in [-0.05, 0) is 43.5 Å². The van der Waals surface area contributed by atoms with E-state index in [0.717, 1.165) is 32.9 Å². The van der Waals surface area contributed by atoms with Gasteiger partial charge in [0.15, 0.2) is 11.0 Å². The number of furan rings is 1. The lowest BCUT2D eigenvalue weighted by molar-refractivity contribution is 0.380. The number of aryl methyl sites for hydroxylation is 1. The number of nitrogens with zero attached hydrogens (tertiary/aromatic N) is 5. The Labute approximate surface area is 180 Å². The fourth-order valence-corrected chi connectivity index (χ4v) is 4.61. The van der Waals surface area contributed by atoms with E-state index in [1.807, 2.05) is 72.3 Å². The van der Waals surface area contributed by atoms with Crippen LogP contribution in [0.3, 0.4) is 0 Å². The van der Waals surface area contributed by atoms with E-state index in [1.165, 1.54) is 11.8 Å². The first kappa shape index (κ1) is 18.8. The molecule has 0 fully saturated rings. The largest absolute Gasteiger partial charge is 0.469 e. The summed E-state index contributed by atoms with van der Waals surface area (Å²) in [4.78, 5) is 5.54. The van der Waals surface area contributed by atoms with Gasteiger partial charge in [-0.25, -0.2) is 0 Å². The van der Waals surface area contributed by atoms with Crippen LogP contribution in [0.15, 0.2) is 74.3 Å². The first-order chi connectivity index (χ1) is 14.7. The van der Waals surface area contributed by atoms with Crippen molar-refractivity contribution in [3.05, 3.63) is 71.8 Å². The van der Waals surface area contributed by atoms with Crippen LogP contribution < -0.4 is 0 Å². The van der Waals surface area contributed by atoms with Crippen LogP contribution >= 0.6 is 23.1 Å². The zero-order chi connectivity index (χ0) is 20.5. The molecular formula is C21H17N5O2S2. The molecule has 150 valence electrons. The maximum absolute atomic E-state index is 5.52. The minimum Gasteiger partial charge on any atom is -0.469 e. The summed E-state index contributed by atoms with van der Waals surface area (Å²) < 4.78 is 13.0. The summed E-state index contributed by atoms with van der Waals surface area (Å²) in [5, 5.41) is 15.7. The predicted octanol–water partition coefficient (Wildman–Crippen LogP) is 5.80. The van der Waals surface area contributed by atoms with E-state index < -0.39 is 0 Å². The second kappa shape index (κ2) is 7.92. The van der Waals surface area contributed by atoms with Crippen molar-refractivity contribution in [2.75, 3.05) is 0 Å². The second-order valence-electron chi connectivity index (χ2n) is 6.56. The van der Waals surface area contributed by atoms with Crippen LogP contribution in [0.1, 0.15) is 23.8 Å². The van der Waals surface area contributed by atoms with Gasteiger partial charge in [0.2, 0.25) is 11.7 Å². The monoisotopic (exact) mass is 435 g/mol. The normalized spacial score (nSPS) is 12.3. The molecule has 0 aliphatic rings. The maximum atomic E-state index is 5.52. The summed E-state index contributed by atoms with van der Waals surface area (Å²) >= 11 is 3.10. The van der Waals surface area contributed by atoms with E-state index in [9.17, 15) is 0 Å². The van der Waals surface area contributed by atoms with Gasteiger partial charge >= 0.3 is 0 Å². The highest BCUT2D eigenvalue weighted by atomic mass is 32.2. The third-order valence-corrected chi connectivity index (χ3v) is 6.46. The number of rotatable bonds is 6. The highest BCUT2D eigenvalue weighted by Crippen LogP contribution is 2.37. The van der Waals surface area contributed by atoms with Crippen molar-refractivity contribution in [3.63, 3.8) is 0 Å². The summed E-state index contributed by atoms with van der Waals surface area (Å²) in [6.07, 6.45) is 1.66. The first-order valence-electron chi connectivity index (χ1n) is 9.30. The highest BCUT2D eigenvalue weighted by molar-refractivity contribution is 7.99. The van der Waals surface area contributed by atoms with Crippen molar-refractivity contribution in [3.8, 4) is 27.8 Å². The number of hydrogen-bond donors (Lipinski definition) is 0. The van der Waals surface area contributed by atoms with Crippen molar-refractivity contribution < 1.29 is 8.94 Å². The van der Waals surface area contributed by atoms with Crippen LogP contribution in [-0.2, 0) is 0 Å². The van der Waals surface area contributed by atoms with Crippen LogP contribution in [-0.4, -0.2) is 24.9 Å². The zero-order valence-electron chi connectivity index (χ0n) is 16.2. The molecule has 5 rings (SSSR count). The molecule has 5 aromatic rings. The molecule has 0 aliphatic heterocycles. The molecule has 4 heterocycles. The van der Waals surface area contributed by atoms with Gasteiger partial charge in [0.05, 0.1) is 22.0 Å².